The monoisotopic (exact) mass is 348 g/mol. The van der Waals surface area contributed by atoms with Crippen molar-refractivity contribution in [2.45, 2.75) is 64.1 Å². The molecule has 0 aromatic carbocycles. The number of hydrogen-bond acceptors (Lipinski definition) is 9. The third-order valence-corrected chi connectivity index (χ3v) is 3.41. The maximum absolute atomic E-state index is 11.3. The quantitative estimate of drug-likeness (QED) is 0.454. The number of aliphatic hydroxyl groups excluding tert-OH is 2. The lowest BCUT2D eigenvalue weighted by atomic mass is 9.94. The highest BCUT2D eigenvalue weighted by molar-refractivity contribution is 5.67. The van der Waals surface area contributed by atoms with Crippen molar-refractivity contribution in [3.05, 3.63) is 0 Å². The van der Waals surface area contributed by atoms with Gasteiger partial charge in [0.05, 0.1) is 18.8 Å². The van der Waals surface area contributed by atoms with Crippen LogP contribution in [-0.4, -0.2) is 71.9 Å². The molecule has 1 fully saturated rings. The van der Waals surface area contributed by atoms with Gasteiger partial charge in [0.15, 0.2) is 6.10 Å². The zero-order chi connectivity index (χ0) is 18.3. The molecule has 2 N–H and O–H groups in total. The minimum Gasteiger partial charge on any atom is -0.463 e. The molecule has 1 saturated heterocycles. The Kier molecular flexibility index (Phi) is 8.09. The highest BCUT2D eigenvalue weighted by Crippen LogP contribution is 2.28. The van der Waals surface area contributed by atoms with Gasteiger partial charge in [0.1, 0.15) is 18.8 Å². The Balaban J connectivity index is 2.93. The maximum atomic E-state index is 11.3. The number of carbonyl (C=O) groups excluding carboxylic acids is 3. The van der Waals surface area contributed by atoms with Crippen LogP contribution in [-0.2, 0) is 33.3 Å². The normalized spacial score (nSPS) is 27.9. The molecule has 0 aliphatic carbocycles. The molecule has 24 heavy (non-hydrogen) atoms. The van der Waals surface area contributed by atoms with Crippen molar-refractivity contribution < 1.29 is 43.5 Å². The van der Waals surface area contributed by atoms with E-state index in [9.17, 15) is 19.5 Å². The molecule has 0 radical (unpaired) electrons. The van der Waals surface area contributed by atoms with Crippen LogP contribution in [0.4, 0.5) is 0 Å². The van der Waals surface area contributed by atoms with E-state index in [2.05, 4.69) is 0 Å². The van der Waals surface area contributed by atoms with Crippen LogP contribution in [0.25, 0.3) is 0 Å². The molecule has 1 heterocycles. The Morgan fingerprint density at radius 2 is 1.75 bits per heavy atom. The molecule has 0 unspecified atom stereocenters. The van der Waals surface area contributed by atoms with Gasteiger partial charge in [-0.25, -0.2) is 0 Å². The fourth-order valence-corrected chi connectivity index (χ4v) is 2.55. The first-order valence-electron chi connectivity index (χ1n) is 7.65. The van der Waals surface area contributed by atoms with E-state index >= 15 is 0 Å². The zero-order valence-electron chi connectivity index (χ0n) is 14.0. The number of aliphatic hydroxyl groups is 2. The van der Waals surface area contributed by atoms with E-state index in [4.69, 9.17) is 24.1 Å². The van der Waals surface area contributed by atoms with Gasteiger partial charge in [-0.1, -0.05) is 0 Å². The molecule has 1 rings (SSSR count). The summed E-state index contributed by atoms with van der Waals surface area (Å²) in [5, 5.41) is 18.5. The van der Waals surface area contributed by atoms with Crippen molar-refractivity contribution >= 4 is 17.9 Å². The first kappa shape index (κ1) is 20.3. The average Bonchev–Trinajstić information content (AvgIpc) is 2.46. The Morgan fingerprint density at radius 3 is 2.25 bits per heavy atom. The highest BCUT2D eigenvalue weighted by Gasteiger charge is 2.43. The van der Waals surface area contributed by atoms with Crippen LogP contribution in [0, 0.1) is 0 Å². The van der Waals surface area contributed by atoms with Gasteiger partial charge in [0.25, 0.3) is 0 Å². The second-order valence-corrected chi connectivity index (χ2v) is 5.63. The van der Waals surface area contributed by atoms with Gasteiger partial charge in [-0.15, -0.1) is 0 Å². The van der Waals surface area contributed by atoms with Crippen LogP contribution in [0.5, 0.6) is 0 Å². The predicted octanol–water partition coefficient (Wildman–Crippen LogP) is -0.686. The molecule has 0 aromatic rings. The molecule has 0 spiro atoms. The van der Waals surface area contributed by atoms with Crippen molar-refractivity contribution in [2.75, 3.05) is 13.2 Å². The van der Waals surface area contributed by atoms with Gasteiger partial charge in [0, 0.05) is 33.6 Å². The number of carbonyl (C=O) groups is 3. The van der Waals surface area contributed by atoms with Gasteiger partial charge in [-0.2, -0.15) is 0 Å². The smallest absolute Gasteiger partial charge is 0.303 e. The summed E-state index contributed by atoms with van der Waals surface area (Å²) in [7, 11) is 0. The second-order valence-electron chi connectivity index (χ2n) is 5.63. The molecular weight excluding hydrogens is 324 g/mol. The summed E-state index contributed by atoms with van der Waals surface area (Å²) in [6, 6.07) is 0. The van der Waals surface area contributed by atoms with Crippen molar-refractivity contribution in [1.29, 1.82) is 0 Å². The summed E-state index contributed by atoms with van der Waals surface area (Å²) in [6.45, 7) is 3.01. The minimum atomic E-state index is -1.01. The van der Waals surface area contributed by atoms with Crippen molar-refractivity contribution in [1.82, 2.24) is 0 Å². The first-order valence-corrected chi connectivity index (χ1v) is 7.65. The molecule has 9 heteroatoms. The fourth-order valence-electron chi connectivity index (χ4n) is 2.55. The van der Waals surface area contributed by atoms with Crippen LogP contribution in [0.15, 0.2) is 0 Å². The zero-order valence-corrected chi connectivity index (χ0v) is 14.0. The summed E-state index contributed by atoms with van der Waals surface area (Å²) in [6.07, 6.45) is -3.91. The summed E-state index contributed by atoms with van der Waals surface area (Å²) in [5.74, 6) is -1.70. The molecular formula is C15H24O9. The summed E-state index contributed by atoms with van der Waals surface area (Å²) in [5.41, 5.74) is 0. The third-order valence-electron chi connectivity index (χ3n) is 3.41. The topological polar surface area (TPSA) is 129 Å². The van der Waals surface area contributed by atoms with Crippen LogP contribution in [0.1, 0.15) is 33.6 Å². The summed E-state index contributed by atoms with van der Waals surface area (Å²) in [4.78, 5) is 33.7. The van der Waals surface area contributed by atoms with Crippen LogP contribution in [0.2, 0.25) is 0 Å². The Hall–Kier alpha value is -1.71. The predicted molar refractivity (Wildman–Crippen MR) is 78.7 cm³/mol. The van der Waals surface area contributed by atoms with Gasteiger partial charge in [0.2, 0.25) is 0 Å². The summed E-state index contributed by atoms with van der Waals surface area (Å²) < 4.78 is 21.0. The first-order chi connectivity index (χ1) is 11.2. The maximum Gasteiger partial charge on any atom is 0.303 e. The molecule has 1 aliphatic heterocycles. The SMILES string of the molecule is CC(=O)OC[C@H]1O[C@@H](C[C@H](O)CO)C[C@@H](OC(C)=O)[C@@H]1OC(C)=O. The number of rotatable bonds is 7. The van der Waals surface area contributed by atoms with E-state index < -0.39 is 55.0 Å². The highest BCUT2D eigenvalue weighted by atomic mass is 16.6. The molecule has 9 nitrogen and oxygen atoms in total. The van der Waals surface area contributed by atoms with E-state index in [1.807, 2.05) is 0 Å². The third kappa shape index (κ3) is 6.81. The average molecular weight is 348 g/mol. The lowest BCUT2D eigenvalue weighted by Gasteiger charge is -2.40. The van der Waals surface area contributed by atoms with Crippen LogP contribution in [0.3, 0.4) is 0 Å². The molecule has 0 bridgehead atoms. The lowest BCUT2D eigenvalue weighted by Crippen LogP contribution is -2.54. The standard InChI is InChI=1S/C15H24O9/c1-8(17)21-7-14-15(23-10(3)19)13(22-9(2)18)5-12(24-14)4-11(20)6-16/h11-16,20H,4-7H2,1-3H3/t11-,12-,13+,14+,15-/m0/s1. The van der Waals surface area contributed by atoms with E-state index in [0.717, 1.165) is 0 Å². The van der Waals surface area contributed by atoms with E-state index in [1.54, 1.807) is 0 Å². The van der Waals surface area contributed by atoms with Gasteiger partial charge >= 0.3 is 17.9 Å². The Morgan fingerprint density at radius 1 is 1.12 bits per heavy atom. The second kappa shape index (κ2) is 9.55. The molecule has 0 amide bonds. The molecule has 0 aromatic heterocycles. The van der Waals surface area contributed by atoms with E-state index in [1.165, 1.54) is 20.8 Å². The molecule has 138 valence electrons. The van der Waals surface area contributed by atoms with Gasteiger partial charge in [-0.3, -0.25) is 14.4 Å². The van der Waals surface area contributed by atoms with Crippen molar-refractivity contribution in [3.8, 4) is 0 Å². The van der Waals surface area contributed by atoms with Crippen molar-refractivity contribution in [3.63, 3.8) is 0 Å². The molecule has 1 aliphatic rings. The minimum absolute atomic E-state index is 0.0949. The van der Waals surface area contributed by atoms with Gasteiger partial charge < -0.3 is 29.2 Å². The summed E-state index contributed by atoms with van der Waals surface area (Å²) >= 11 is 0. The van der Waals surface area contributed by atoms with Crippen LogP contribution < -0.4 is 0 Å². The number of ether oxygens (including phenoxy) is 4. The fraction of sp³-hybridized carbons (Fsp3) is 0.800. The van der Waals surface area contributed by atoms with Crippen LogP contribution >= 0.6 is 0 Å². The Bertz CT molecular complexity index is 450. The number of esters is 3. The Labute approximate surface area is 139 Å². The number of hydrogen-bond donors (Lipinski definition) is 2. The van der Waals surface area contributed by atoms with Gasteiger partial charge in [-0.05, 0) is 0 Å². The largest absolute Gasteiger partial charge is 0.463 e. The molecule has 0 saturated carbocycles. The van der Waals surface area contributed by atoms with Crippen molar-refractivity contribution in [2.24, 2.45) is 0 Å². The van der Waals surface area contributed by atoms with E-state index in [-0.39, 0.29) is 19.4 Å². The lowest BCUT2D eigenvalue weighted by molar-refractivity contribution is -0.218. The van der Waals surface area contributed by atoms with E-state index in [0.29, 0.717) is 0 Å². The molecule has 5 atom stereocenters.